The average molecular weight is 817 g/mol. The highest BCUT2D eigenvalue weighted by Crippen LogP contribution is 2.66. The van der Waals surface area contributed by atoms with E-state index in [0.717, 1.165) is 25.0 Å². The Bertz CT molecular complexity index is 2070. The van der Waals surface area contributed by atoms with Crippen molar-refractivity contribution in [3.8, 4) is 0 Å². The molecule has 0 amide bonds. The molecule has 0 atom stereocenters. The van der Waals surface area contributed by atoms with Crippen LogP contribution in [0, 0.1) is 47.3 Å². The van der Waals surface area contributed by atoms with E-state index in [2.05, 4.69) is 0 Å². The molecule has 0 unspecified atom stereocenters. The summed E-state index contributed by atoms with van der Waals surface area (Å²) in [6, 6.07) is 0. The van der Waals surface area contributed by atoms with E-state index in [1.54, 1.807) is 0 Å². The van der Waals surface area contributed by atoms with E-state index in [4.69, 9.17) is 28.4 Å². The molecular formula is C38H40O16S2. The highest BCUT2D eigenvalue weighted by Gasteiger charge is 2.73. The fourth-order valence-corrected chi connectivity index (χ4v) is 17.9. The van der Waals surface area contributed by atoms with Gasteiger partial charge >= 0.3 is 23.9 Å². The van der Waals surface area contributed by atoms with E-state index in [-0.39, 0.29) is 49.4 Å². The zero-order valence-electron chi connectivity index (χ0n) is 30.1. The zero-order chi connectivity index (χ0) is 38.9. The third-order valence-electron chi connectivity index (χ3n) is 15.2. The third kappa shape index (κ3) is 4.34. The smallest absolute Gasteiger partial charge is 0.351 e. The predicted octanol–water partition coefficient (Wildman–Crippen LogP) is 3.65. The van der Waals surface area contributed by atoms with Gasteiger partial charge in [0.15, 0.2) is 9.81 Å². The number of ether oxygens (including phenoxy) is 6. The van der Waals surface area contributed by atoms with Gasteiger partial charge in [-0.3, -0.25) is 0 Å². The van der Waals surface area contributed by atoms with E-state index >= 15 is 0 Å². The number of rotatable bonds is 2. The molecule has 56 heavy (non-hydrogen) atoms. The molecule has 0 aromatic rings. The molecule has 300 valence electrons. The van der Waals surface area contributed by atoms with Gasteiger partial charge < -0.3 is 38.6 Å². The Balaban J connectivity index is 0.815. The lowest BCUT2D eigenvalue weighted by atomic mass is 9.54. The lowest BCUT2D eigenvalue weighted by molar-refractivity contribution is -0.302. The van der Waals surface area contributed by atoms with Crippen LogP contribution in [0.5, 0.6) is 0 Å². The second kappa shape index (κ2) is 10.9. The first-order valence-corrected chi connectivity index (χ1v) is 22.6. The van der Waals surface area contributed by atoms with Gasteiger partial charge in [0, 0.05) is 49.4 Å². The van der Waals surface area contributed by atoms with Crippen LogP contribution < -0.4 is 0 Å². The fourth-order valence-electron chi connectivity index (χ4n) is 13.3. The summed E-state index contributed by atoms with van der Waals surface area (Å²) < 4.78 is 90.3. The maximum absolute atomic E-state index is 14.1. The van der Waals surface area contributed by atoms with Crippen molar-refractivity contribution in [2.24, 2.45) is 47.3 Å². The van der Waals surface area contributed by atoms with E-state index in [1.165, 1.54) is 0 Å². The Hall–Kier alpha value is -4.06. The molecule has 0 aromatic heterocycles. The highest BCUT2D eigenvalue weighted by atomic mass is 32.2. The molecule has 18 heteroatoms. The fraction of sp³-hybridized carbons (Fsp3) is 0.684. The van der Waals surface area contributed by atoms with Gasteiger partial charge in [-0.2, -0.15) is 0 Å². The average Bonchev–Trinajstić information content (AvgIpc) is 3.43. The third-order valence-corrected chi connectivity index (χ3v) is 20.1. The van der Waals surface area contributed by atoms with Crippen molar-refractivity contribution >= 4 is 43.6 Å². The van der Waals surface area contributed by atoms with Crippen molar-refractivity contribution < 1.29 is 74.6 Å². The molecule has 9 aliphatic carbocycles. The first kappa shape index (κ1) is 35.1. The Morgan fingerprint density at radius 1 is 0.446 bits per heavy atom. The Morgan fingerprint density at radius 2 is 0.750 bits per heavy atom. The van der Waals surface area contributed by atoms with E-state index in [1.807, 2.05) is 0 Å². The Labute approximate surface area is 321 Å². The summed E-state index contributed by atoms with van der Waals surface area (Å²) in [4.78, 5) is 48.2. The monoisotopic (exact) mass is 816 g/mol. The Kier molecular flexibility index (Phi) is 6.84. The maximum atomic E-state index is 14.1. The largest absolute Gasteiger partial charge is 0.480 e. The normalized spacial score (nSPS) is 48.9. The number of aliphatic hydroxyl groups excluding tert-OH is 2. The van der Waals surface area contributed by atoms with Crippen molar-refractivity contribution in [1.82, 2.24) is 0 Å². The minimum Gasteiger partial charge on any atom is -0.480 e. The SMILES string of the molecule is O=C1OC2(CCC3(CC2)OC(=O)C(/C=C2\C(=O)OC4(C5CC6CC(C5)CC4C6)S2(=O)=O)=C(O)O3)OC(O)=C1/C=C1\C(=O)OC2(C3CC4CC(C3)CC2C4)S1(=O)=O. The summed E-state index contributed by atoms with van der Waals surface area (Å²) >= 11 is 0. The molecule has 9 saturated carbocycles. The predicted molar refractivity (Wildman–Crippen MR) is 183 cm³/mol. The number of aliphatic hydroxyl groups is 2. The minimum absolute atomic E-state index is 0.243. The van der Waals surface area contributed by atoms with Gasteiger partial charge in [-0.15, -0.1) is 0 Å². The molecule has 4 spiro atoms. The van der Waals surface area contributed by atoms with E-state index in [9.17, 15) is 46.2 Å². The van der Waals surface area contributed by atoms with E-state index < -0.39 is 97.8 Å². The maximum Gasteiger partial charge on any atom is 0.351 e. The van der Waals surface area contributed by atoms with Crippen molar-refractivity contribution in [3.63, 3.8) is 0 Å². The van der Waals surface area contributed by atoms with Crippen molar-refractivity contribution in [1.29, 1.82) is 0 Å². The van der Waals surface area contributed by atoms with Gasteiger partial charge in [0.25, 0.3) is 23.5 Å². The highest BCUT2D eigenvalue weighted by molar-refractivity contribution is 7.98. The summed E-state index contributed by atoms with van der Waals surface area (Å²) in [5.74, 6) is -9.92. The molecule has 11 fully saturated rings. The van der Waals surface area contributed by atoms with Crippen molar-refractivity contribution in [3.05, 3.63) is 45.0 Å². The second-order valence-corrected chi connectivity index (χ2v) is 22.3. The van der Waals surface area contributed by atoms with Crippen LogP contribution in [0.4, 0.5) is 0 Å². The molecule has 2 saturated heterocycles. The lowest BCUT2D eigenvalue weighted by Crippen LogP contribution is -2.60. The first-order chi connectivity index (χ1) is 26.5. The van der Waals surface area contributed by atoms with Gasteiger partial charge in [-0.1, -0.05) is 0 Å². The summed E-state index contributed by atoms with van der Waals surface area (Å²) in [6.45, 7) is 0. The summed E-state index contributed by atoms with van der Waals surface area (Å²) in [6.07, 6.45) is 7.74. The number of sulfone groups is 2. The molecule has 0 radical (unpaired) electrons. The van der Waals surface area contributed by atoms with Gasteiger partial charge in [0.2, 0.25) is 29.5 Å². The van der Waals surface area contributed by atoms with Crippen LogP contribution in [0.2, 0.25) is 0 Å². The number of hydrogen-bond donors (Lipinski definition) is 2. The molecular weight excluding hydrogens is 777 g/mol. The van der Waals surface area contributed by atoms with Gasteiger partial charge in [-0.25, -0.2) is 36.0 Å². The number of carbonyl (C=O) groups excluding carboxylic acids is 4. The van der Waals surface area contributed by atoms with Crippen molar-refractivity contribution in [2.75, 3.05) is 0 Å². The van der Waals surface area contributed by atoms with Crippen LogP contribution in [-0.2, 0) is 67.3 Å². The van der Waals surface area contributed by atoms with Crippen molar-refractivity contribution in [2.45, 2.75) is 111 Å². The van der Waals surface area contributed by atoms with Crippen LogP contribution in [-0.4, -0.2) is 72.4 Å². The van der Waals surface area contributed by atoms with Crippen LogP contribution in [0.15, 0.2) is 45.0 Å². The molecule has 16 nitrogen and oxygen atoms in total. The summed E-state index contributed by atoms with van der Waals surface area (Å²) in [5, 5.41) is 21.9. The number of esters is 4. The first-order valence-electron chi connectivity index (χ1n) is 19.6. The standard InChI is InChI=1S/C38H40O16S2/c39-29-25(15-27-33(43)53-37(55(27,45)46)21-7-17-5-18(9-21)10-22(37)8-17)30(40)50-35(49-29)1-2-36(4-3-35)51-31(41)26(32(42)52-36)16-28-34(44)54-38(56(28,47)48)23-11-19-6-20(13-23)14-24(38)12-19/h15-24,39,41H,1-14H2/b27-15+,28-16+. The van der Waals surface area contributed by atoms with E-state index in [0.29, 0.717) is 75.0 Å². The molecule has 2 N–H and O–H groups in total. The minimum atomic E-state index is -4.38. The van der Waals surface area contributed by atoms with Crippen LogP contribution >= 0.6 is 0 Å². The van der Waals surface area contributed by atoms with Gasteiger partial charge in [-0.05, 0) is 100 Å². The molecule has 4 heterocycles. The molecule has 13 aliphatic rings. The number of hydrogen-bond acceptors (Lipinski definition) is 16. The molecule has 8 bridgehead atoms. The topological polar surface area (TPSA) is 232 Å². The van der Waals surface area contributed by atoms with Crippen LogP contribution in [0.3, 0.4) is 0 Å². The summed E-state index contributed by atoms with van der Waals surface area (Å²) in [7, 11) is -8.76. The van der Waals surface area contributed by atoms with Crippen LogP contribution in [0.1, 0.15) is 89.9 Å². The van der Waals surface area contributed by atoms with Gasteiger partial charge in [0.1, 0.15) is 11.1 Å². The molecule has 4 aliphatic heterocycles. The summed E-state index contributed by atoms with van der Waals surface area (Å²) in [5.41, 5.74) is -1.36. The molecule has 0 aromatic carbocycles. The zero-order valence-corrected chi connectivity index (χ0v) is 31.7. The van der Waals surface area contributed by atoms with Crippen LogP contribution in [0.25, 0.3) is 0 Å². The number of carbonyl (C=O) groups is 4. The quantitative estimate of drug-likeness (QED) is 0.230. The second-order valence-electron chi connectivity index (χ2n) is 18.1. The Morgan fingerprint density at radius 3 is 1.04 bits per heavy atom. The lowest BCUT2D eigenvalue weighted by Gasteiger charge is -2.57. The molecule has 13 rings (SSSR count). The van der Waals surface area contributed by atoms with Gasteiger partial charge in [0.05, 0.1) is 0 Å².